The number of pyridine rings is 1. The molecule has 1 aliphatic carbocycles. The second-order valence-corrected chi connectivity index (χ2v) is 6.64. The summed E-state index contributed by atoms with van der Waals surface area (Å²) in [6, 6.07) is 3.88. The fraction of sp³-hybridized carbons (Fsp3) is 0.684. The maximum Gasteiger partial charge on any atom is 0.212 e. The Hall–Kier alpha value is -1.82. The van der Waals surface area contributed by atoms with E-state index in [2.05, 4.69) is 27.5 Å². The SMILES string of the molecule is CCOCCC1(CNC(=NC)NCc2ccc(OC)nc2)CCCC1. The van der Waals surface area contributed by atoms with Gasteiger partial charge in [-0.25, -0.2) is 4.98 Å². The molecule has 0 aliphatic heterocycles. The fourth-order valence-corrected chi connectivity index (χ4v) is 3.39. The molecule has 2 N–H and O–H groups in total. The van der Waals surface area contributed by atoms with E-state index in [0.29, 0.717) is 17.8 Å². The van der Waals surface area contributed by atoms with Gasteiger partial charge in [0.25, 0.3) is 0 Å². The maximum absolute atomic E-state index is 5.59. The second kappa shape index (κ2) is 10.2. The van der Waals surface area contributed by atoms with E-state index in [1.807, 2.05) is 25.4 Å². The van der Waals surface area contributed by atoms with Crippen molar-refractivity contribution in [3.05, 3.63) is 23.9 Å². The molecule has 25 heavy (non-hydrogen) atoms. The Morgan fingerprint density at radius 1 is 1.28 bits per heavy atom. The third kappa shape index (κ3) is 6.20. The van der Waals surface area contributed by atoms with Crippen LogP contribution in [0.2, 0.25) is 0 Å². The van der Waals surface area contributed by atoms with Crippen LogP contribution < -0.4 is 15.4 Å². The lowest BCUT2D eigenvalue weighted by molar-refractivity contribution is 0.105. The standard InChI is InChI=1S/C19H32N4O2/c1-4-25-12-11-19(9-5-6-10-19)15-23-18(20-2)22-14-16-7-8-17(24-3)21-13-16/h7-8,13H,4-6,9-12,14-15H2,1-3H3,(H2,20,22,23). The Morgan fingerprint density at radius 3 is 2.68 bits per heavy atom. The number of nitrogens with one attached hydrogen (secondary N) is 2. The number of methoxy groups -OCH3 is 1. The van der Waals surface area contributed by atoms with Gasteiger partial charge in [-0.15, -0.1) is 0 Å². The molecule has 6 heteroatoms. The van der Waals surface area contributed by atoms with Gasteiger partial charge in [0.1, 0.15) is 0 Å². The molecule has 0 atom stereocenters. The Balaban J connectivity index is 1.81. The molecule has 1 aromatic heterocycles. The molecule has 0 radical (unpaired) electrons. The van der Waals surface area contributed by atoms with Gasteiger partial charge in [0.05, 0.1) is 7.11 Å². The van der Waals surface area contributed by atoms with Crippen molar-refractivity contribution in [2.75, 3.05) is 33.9 Å². The Bertz CT molecular complexity index is 525. The van der Waals surface area contributed by atoms with Crippen LogP contribution >= 0.6 is 0 Å². The van der Waals surface area contributed by atoms with Gasteiger partial charge in [0.2, 0.25) is 5.88 Å². The lowest BCUT2D eigenvalue weighted by atomic mass is 9.83. The minimum absolute atomic E-state index is 0.342. The zero-order valence-corrected chi connectivity index (χ0v) is 15.8. The van der Waals surface area contributed by atoms with Crippen molar-refractivity contribution >= 4 is 5.96 Å². The number of nitrogens with zero attached hydrogens (tertiary/aromatic N) is 2. The largest absolute Gasteiger partial charge is 0.481 e. The molecule has 0 aromatic carbocycles. The predicted molar refractivity (Wildman–Crippen MR) is 101 cm³/mol. The van der Waals surface area contributed by atoms with E-state index in [4.69, 9.17) is 9.47 Å². The molecule has 2 rings (SSSR count). The first kappa shape index (κ1) is 19.5. The van der Waals surface area contributed by atoms with Crippen LogP contribution in [0.5, 0.6) is 5.88 Å². The van der Waals surface area contributed by atoms with Gasteiger partial charge in [-0.05, 0) is 37.2 Å². The predicted octanol–water partition coefficient (Wildman–Crippen LogP) is 2.74. The summed E-state index contributed by atoms with van der Waals surface area (Å²) in [5.41, 5.74) is 1.43. The van der Waals surface area contributed by atoms with Crippen LogP contribution in [0.15, 0.2) is 23.3 Å². The van der Waals surface area contributed by atoms with Crippen molar-refractivity contribution < 1.29 is 9.47 Å². The van der Waals surface area contributed by atoms with E-state index >= 15 is 0 Å². The van der Waals surface area contributed by atoms with Crippen molar-refractivity contribution in [3.63, 3.8) is 0 Å². The van der Waals surface area contributed by atoms with Gasteiger partial charge in [-0.3, -0.25) is 4.99 Å². The molecule has 1 saturated carbocycles. The first-order valence-corrected chi connectivity index (χ1v) is 9.22. The molecule has 0 unspecified atom stereocenters. The van der Waals surface area contributed by atoms with Crippen LogP contribution in [0.3, 0.4) is 0 Å². The highest BCUT2D eigenvalue weighted by Gasteiger charge is 2.33. The molecular weight excluding hydrogens is 316 g/mol. The molecular formula is C19H32N4O2. The average Bonchev–Trinajstić information content (AvgIpc) is 3.11. The summed E-state index contributed by atoms with van der Waals surface area (Å²) in [4.78, 5) is 8.57. The lowest BCUT2D eigenvalue weighted by Crippen LogP contribution is -2.43. The molecule has 1 heterocycles. The summed E-state index contributed by atoms with van der Waals surface area (Å²) < 4.78 is 10.7. The Morgan fingerprint density at radius 2 is 2.08 bits per heavy atom. The van der Waals surface area contributed by atoms with Gasteiger partial charge < -0.3 is 20.1 Å². The van der Waals surface area contributed by atoms with Gasteiger partial charge in [-0.1, -0.05) is 18.9 Å². The highest BCUT2D eigenvalue weighted by atomic mass is 16.5. The first-order valence-electron chi connectivity index (χ1n) is 9.22. The van der Waals surface area contributed by atoms with E-state index in [1.165, 1.54) is 25.7 Å². The van der Waals surface area contributed by atoms with Crippen molar-refractivity contribution in [1.29, 1.82) is 0 Å². The molecule has 1 fully saturated rings. The molecule has 0 bridgehead atoms. The Kier molecular flexibility index (Phi) is 7.98. The highest BCUT2D eigenvalue weighted by molar-refractivity contribution is 5.79. The molecule has 0 saturated heterocycles. The van der Waals surface area contributed by atoms with Gasteiger partial charge in [0.15, 0.2) is 5.96 Å². The quantitative estimate of drug-likeness (QED) is 0.408. The molecule has 140 valence electrons. The first-order chi connectivity index (χ1) is 12.2. The molecule has 6 nitrogen and oxygen atoms in total. The summed E-state index contributed by atoms with van der Waals surface area (Å²) in [6.45, 7) is 5.33. The number of ether oxygens (including phenoxy) is 2. The number of hydrogen-bond donors (Lipinski definition) is 2. The number of aliphatic imine (C=N–C) groups is 1. The van der Waals surface area contributed by atoms with Crippen LogP contribution in [0.1, 0.15) is 44.6 Å². The number of hydrogen-bond acceptors (Lipinski definition) is 4. The number of guanidine groups is 1. The van der Waals surface area contributed by atoms with Crippen LogP contribution in [-0.4, -0.2) is 44.9 Å². The smallest absolute Gasteiger partial charge is 0.212 e. The van der Waals surface area contributed by atoms with E-state index < -0.39 is 0 Å². The van der Waals surface area contributed by atoms with Crippen LogP contribution in [0, 0.1) is 5.41 Å². The highest BCUT2D eigenvalue weighted by Crippen LogP contribution is 2.40. The van der Waals surface area contributed by atoms with E-state index in [0.717, 1.165) is 37.7 Å². The summed E-state index contributed by atoms with van der Waals surface area (Å²) in [6.07, 6.45) is 8.11. The summed E-state index contributed by atoms with van der Waals surface area (Å²) in [7, 11) is 3.43. The molecule has 1 aliphatic rings. The normalized spacial score (nSPS) is 16.7. The maximum atomic E-state index is 5.59. The fourth-order valence-electron chi connectivity index (χ4n) is 3.39. The van der Waals surface area contributed by atoms with Gasteiger partial charge in [0, 0.05) is 45.6 Å². The third-order valence-corrected chi connectivity index (χ3v) is 4.97. The van der Waals surface area contributed by atoms with Crippen LogP contribution in [0.25, 0.3) is 0 Å². The van der Waals surface area contributed by atoms with E-state index in [9.17, 15) is 0 Å². The lowest BCUT2D eigenvalue weighted by Gasteiger charge is -2.30. The van der Waals surface area contributed by atoms with Crippen molar-refractivity contribution in [2.45, 2.75) is 45.6 Å². The Labute approximate surface area is 151 Å². The topological polar surface area (TPSA) is 67.8 Å². The molecule has 0 spiro atoms. The zero-order chi connectivity index (χ0) is 18.0. The van der Waals surface area contributed by atoms with Gasteiger partial charge in [-0.2, -0.15) is 0 Å². The van der Waals surface area contributed by atoms with E-state index in [1.54, 1.807) is 7.11 Å². The van der Waals surface area contributed by atoms with Crippen molar-refractivity contribution in [3.8, 4) is 5.88 Å². The summed E-state index contributed by atoms with van der Waals surface area (Å²) in [5, 5.41) is 6.87. The average molecular weight is 348 g/mol. The molecule has 0 amide bonds. The zero-order valence-electron chi connectivity index (χ0n) is 15.8. The summed E-state index contributed by atoms with van der Waals surface area (Å²) >= 11 is 0. The second-order valence-electron chi connectivity index (χ2n) is 6.64. The number of rotatable bonds is 9. The minimum Gasteiger partial charge on any atom is -0.481 e. The number of aromatic nitrogens is 1. The summed E-state index contributed by atoms with van der Waals surface area (Å²) in [5.74, 6) is 1.46. The van der Waals surface area contributed by atoms with Crippen molar-refractivity contribution in [2.24, 2.45) is 10.4 Å². The molecule has 1 aromatic rings. The minimum atomic E-state index is 0.342. The van der Waals surface area contributed by atoms with E-state index in [-0.39, 0.29) is 0 Å². The van der Waals surface area contributed by atoms with Crippen LogP contribution in [-0.2, 0) is 11.3 Å². The van der Waals surface area contributed by atoms with Crippen LogP contribution in [0.4, 0.5) is 0 Å². The van der Waals surface area contributed by atoms with Gasteiger partial charge >= 0.3 is 0 Å². The third-order valence-electron chi connectivity index (χ3n) is 4.97. The van der Waals surface area contributed by atoms with Crippen molar-refractivity contribution in [1.82, 2.24) is 15.6 Å². The monoisotopic (exact) mass is 348 g/mol.